The number of fused-ring (bicyclic) bond motifs is 7. The van der Waals surface area contributed by atoms with E-state index >= 15 is 0 Å². The second-order valence-corrected chi connectivity index (χ2v) is 22.6. The van der Waals surface area contributed by atoms with Crippen LogP contribution in [0.2, 0.25) is 0 Å². The van der Waals surface area contributed by atoms with Crippen molar-refractivity contribution < 1.29 is 4.74 Å². The van der Waals surface area contributed by atoms with E-state index in [0.717, 1.165) is 61.9 Å². The molecular weight excluding hydrogens is 879 g/mol. The van der Waals surface area contributed by atoms with Gasteiger partial charge in [0.05, 0.1) is 33.4 Å². The first-order chi connectivity index (χ1) is 34.6. The maximum absolute atomic E-state index is 6.93. The van der Waals surface area contributed by atoms with Crippen LogP contribution in [0, 0.1) is 0 Å². The Morgan fingerprint density at radius 3 is 1.71 bits per heavy atom. The Balaban J connectivity index is 0.963. The van der Waals surface area contributed by atoms with Gasteiger partial charge in [-0.2, -0.15) is 0 Å². The largest absolute Gasteiger partial charge is 0.457 e. The minimum absolute atomic E-state index is 0.00713. The summed E-state index contributed by atoms with van der Waals surface area (Å²) in [6.45, 7) is 21.3. The summed E-state index contributed by atoms with van der Waals surface area (Å²) in [5, 5.41) is 4.77. The van der Waals surface area contributed by atoms with Gasteiger partial charge in [-0.1, -0.05) is 153 Å². The van der Waals surface area contributed by atoms with E-state index in [9.17, 15) is 0 Å². The van der Waals surface area contributed by atoms with Crippen LogP contribution in [0.5, 0.6) is 11.5 Å². The Kier molecular flexibility index (Phi) is 10.5. The highest BCUT2D eigenvalue weighted by molar-refractivity contribution is 6.12. The van der Waals surface area contributed by atoms with Crippen LogP contribution in [0.4, 0.5) is 22.7 Å². The Morgan fingerprint density at radius 1 is 0.403 bits per heavy atom. The van der Waals surface area contributed by atoms with Crippen LogP contribution in [0.15, 0.2) is 194 Å². The normalized spacial score (nSPS) is 13.2. The van der Waals surface area contributed by atoms with Gasteiger partial charge in [-0.25, -0.2) is 4.98 Å². The molecule has 0 radical (unpaired) electrons. The first-order valence-corrected chi connectivity index (χ1v) is 25.3. The molecule has 6 nitrogen and oxygen atoms in total. The lowest BCUT2D eigenvalue weighted by atomic mass is 9.78. The van der Waals surface area contributed by atoms with Crippen molar-refractivity contribution in [1.82, 2.24) is 14.1 Å². The number of rotatable bonds is 7. The van der Waals surface area contributed by atoms with Crippen LogP contribution in [-0.4, -0.2) is 20.8 Å². The monoisotopic (exact) mass is 939 g/mol. The summed E-state index contributed by atoms with van der Waals surface area (Å²) in [7, 11) is 0. The Labute approximate surface area is 423 Å². The summed E-state index contributed by atoms with van der Waals surface area (Å²) < 4.78 is 11.6. The van der Waals surface area contributed by atoms with Gasteiger partial charge in [-0.15, -0.1) is 0 Å². The molecule has 72 heavy (non-hydrogen) atoms. The molecule has 8 aromatic carbocycles. The lowest BCUT2D eigenvalue weighted by Crippen LogP contribution is -2.24. The van der Waals surface area contributed by atoms with Gasteiger partial charge in [0.15, 0.2) is 0 Å². The molecule has 12 rings (SSSR count). The average Bonchev–Trinajstić information content (AvgIpc) is 4.04. The molecule has 3 aromatic heterocycles. The SMILES string of the molecule is CC(C)(C)c1cc(-c2cccc3c2N(c2ccccc2)CN3c2cccc(Oc3ccc4c5cc(-n6c7ccccc7c7ccccc76)ccc5n(-c5cc(C(C)(C)C)ccn5)c4c3)c2)cc(C(C)(C)C)c1. The molecule has 1 aliphatic rings. The second kappa shape index (κ2) is 16.8. The van der Waals surface area contributed by atoms with E-state index in [1.165, 1.54) is 55.3 Å². The number of hydrogen-bond donors (Lipinski definition) is 0. The number of para-hydroxylation sites is 4. The molecule has 0 saturated carbocycles. The number of nitrogens with zero attached hydrogens (tertiary/aromatic N) is 5. The van der Waals surface area contributed by atoms with Crippen molar-refractivity contribution >= 4 is 66.4 Å². The molecule has 0 bridgehead atoms. The third-order valence-electron chi connectivity index (χ3n) is 14.7. The van der Waals surface area contributed by atoms with Crippen LogP contribution in [-0.2, 0) is 16.2 Å². The van der Waals surface area contributed by atoms with E-state index in [2.05, 4.69) is 269 Å². The third-order valence-corrected chi connectivity index (χ3v) is 14.7. The molecular formula is C66H61N5O. The third kappa shape index (κ3) is 7.77. The highest BCUT2D eigenvalue weighted by Crippen LogP contribution is 2.51. The number of hydrogen-bond acceptors (Lipinski definition) is 4. The predicted octanol–water partition coefficient (Wildman–Crippen LogP) is 17.9. The lowest BCUT2D eigenvalue weighted by molar-refractivity contribution is 0.483. The topological polar surface area (TPSA) is 38.5 Å². The quantitative estimate of drug-likeness (QED) is 0.160. The summed E-state index contributed by atoms with van der Waals surface area (Å²) in [6, 6.07) is 68.4. The zero-order chi connectivity index (χ0) is 49.7. The molecule has 0 saturated heterocycles. The Bertz CT molecular complexity index is 3810. The maximum atomic E-state index is 6.93. The minimum atomic E-state index is -0.0535. The fourth-order valence-corrected chi connectivity index (χ4v) is 10.7. The molecule has 0 unspecified atom stereocenters. The van der Waals surface area contributed by atoms with Gasteiger partial charge >= 0.3 is 0 Å². The van der Waals surface area contributed by atoms with Gasteiger partial charge in [0.2, 0.25) is 0 Å². The van der Waals surface area contributed by atoms with Crippen molar-refractivity contribution in [3.8, 4) is 34.1 Å². The molecule has 0 spiro atoms. The van der Waals surface area contributed by atoms with Crippen molar-refractivity contribution in [2.75, 3.05) is 16.5 Å². The van der Waals surface area contributed by atoms with Crippen LogP contribution in [0.1, 0.15) is 79.0 Å². The van der Waals surface area contributed by atoms with Crippen LogP contribution in [0.25, 0.3) is 66.2 Å². The molecule has 6 heteroatoms. The number of pyridine rings is 1. The van der Waals surface area contributed by atoms with E-state index in [1.54, 1.807) is 0 Å². The summed E-state index contributed by atoms with van der Waals surface area (Å²) in [5.74, 6) is 2.39. The molecule has 1 aliphatic heterocycles. The standard InChI is InChI=1S/C66H61N5O/c1-64(2,3)44-33-34-67-62(38-44)71-59-32-29-49(70-57-26-15-13-23-53(57)54-24-14-16-27-58(54)70)40-56(59)55-31-30-51(41-61(55)71)72-50-22-17-21-48(39-50)68-42-69(47-19-11-10-12-20-47)63-52(25-18-28-60(63)68)43-35-45(65(4,5)6)37-46(36-43)66(7,8)9/h10-41H,42H2,1-9H3. The van der Waals surface area contributed by atoms with E-state index < -0.39 is 0 Å². The number of benzene rings is 8. The van der Waals surface area contributed by atoms with Crippen LogP contribution in [0.3, 0.4) is 0 Å². The number of ether oxygens (including phenoxy) is 1. The van der Waals surface area contributed by atoms with Crippen molar-refractivity contribution in [1.29, 1.82) is 0 Å². The summed E-state index contributed by atoms with van der Waals surface area (Å²) >= 11 is 0. The van der Waals surface area contributed by atoms with Gasteiger partial charge in [0.25, 0.3) is 0 Å². The van der Waals surface area contributed by atoms with Gasteiger partial charge in [0.1, 0.15) is 24.0 Å². The zero-order valence-electron chi connectivity index (χ0n) is 42.8. The van der Waals surface area contributed by atoms with E-state index in [0.29, 0.717) is 6.67 Å². The lowest BCUT2D eigenvalue weighted by Gasteiger charge is -2.27. The number of anilines is 4. The summed E-state index contributed by atoms with van der Waals surface area (Å²) in [5.41, 5.74) is 16.4. The molecule has 0 amide bonds. The molecule has 0 N–H and O–H groups in total. The van der Waals surface area contributed by atoms with E-state index in [4.69, 9.17) is 9.72 Å². The molecule has 11 aromatic rings. The van der Waals surface area contributed by atoms with Gasteiger partial charge in [-0.05, 0) is 123 Å². The second-order valence-electron chi connectivity index (χ2n) is 22.6. The number of aromatic nitrogens is 3. The van der Waals surface area contributed by atoms with Crippen LogP contribution >= 0.6 is 0 Å². The molecule has 0 atom stereocenters. The van der Waals surface area contributed by atoms with Crippen LogP contribution < -0.4 is 14.5 Å². The summed E-state index contributed by atoms with van der Waals surface area (Å²) in [6.07, 6.45) is 1.94. The first kappa shape index (κ1) is 45.1. The average molecular weight is 940 g/mol. The molecule has 0 aliphatic carbocycles. The van der Waals surface area contributed by atoms with Crippen molar-refractivity contribution in [3.63, 3.8) is 0 Å². The fourth-order valence-electron chi connectivity index (χ4n) is 10.7. The molecule has 356 valence electrons. The Morgan fingerprint density at radius 2 is 1.01 bits per heavy atom. The van der Waals surface area contributed by atoms with Gasteiger partial charge in [-0.3, -0.25) is 4.57 Å². The highest BCUT2D eigenvalue weighted by Gasteiger charge is 2.32. The fraction of sp³-hybridized carbons (Fsp3) is 0.197. The summed E-state index contributed by atoms with van der Waals surface area (Å²) in [4.78, 5) is 9.90. The Hall–Kier alpha value is -8.09. The van der Waals surface area contributed by atoms with Gasteiger partial charge in [0, 0.05) is 62.5 Å². The smallest absolute Gasteiger partial charge is 0.137 e. The highest BCUT2D eigenvalue weighted by atomic mass is 16.5. The maximum Gasteiger partial charge on any atom is 0.137 e. The zero-order valence-corrected chi connectivity index (χ0v) is 42.8. The predicted molar refractivity (Wildman–Crippen MR) is 303 cm³/mol. The first-order valence-electron chi connectivity index (χ1n) is 25.3. The van der Waals surface area contributed by atoms with Gasteiger partial charge < -0.3 is 19.1 Å². The molecule has 0 fully saturated rings. The minimum Gasteiger partial charge on any atom is -0.457 e. The molecule has 4 heterocycles. The van der Waals surface area contributed by atoms with Crippen molar-refractivity contribution in [3.05, 3.63) is 211 Å². The van der Waals surface area contributed by atoms with E-state index in [1.807, 2.05) is 6.20 Å². The van der Waals surface area contributed by atoms with Crippen molar-refractivity contribution in [2.45, 2.75) is 78.6 Å². The van der Waals surface area contributed by atoms with E-state index in [-0.39, 0.29) is 16.2 Å². The van der Waals surface area contributed by atoms with Crippen molar-refractivity contribution in [2.24, 2.45) is 0 Å².